The van der Waals surface area contributed by atoms with Crippen molar-refractivity contribution in [2.45, 2.75) is 26.2 Å². The van der Waals surface area contributed by atoms with E-state index in [1.54, 1.807) is 0 Å². The number of rotatable bonds is 8. The average Bonchev–Trinajstić information content (AvgIpc) is 0.817. The van der Waals surface area contributed by atoms with E-state index in [0.29, 0.717) is 5.56 Å². The van der Waals surface area contributed by atoms with Crippen molar-refractivity contribution in [3.05, 3.63) is 327 Å². The van der Waals surface area contributed by atoms with Gasteiger partial charge < -0.3 is 23.5 Å². The van der Waals surface area contributed by atoms with E-state index >= 15 is 0 Å². The monoisotopic (exact) mass is 1220 g/mol. The summed E-state index contributed by atoms with van der Waals surface area (Å²) in [4.78, 5) is 5.16. The molecule has 0 radical (unpaired) electrons. The van der Waals surface area contributed by atoms with Crippen LogP contribution in [0.15, 0.2) is 315 Å². The van der Waals surface area contributed by atoms with Crippen molar-refractivity contribution >= 4 is 123 Å². The maximum atomic E-state index is 10.2. The molecule has 2 aliphatic rings. The van der Waals surface area contributed by atoms with E-state index < -0.39 is 0 Å². The molecule has 0 N–H and O–H groups in total. The van der Waals surface area contributed by atoms with Gasteiger partial charge in [0.25, 0.3) is 6.71 Å². The fourth-order valence-corrected chi connectivity index (χ4v) is 16.2. The van der Waals surface area contributed by atoms with Crippen LogP contribution in [0, 0.1) is 11.3 Å². The number of aromatic nitrogens is 3. The predicted molar refractivity (Wildman–Crippen MR) is 403 cm³/mol. The minimum atomic E-state index is -0.202. The maximum absolute atomic E-state index is 10.2. The van der Waals surface area contributed by atoms with Crippen LogP contribution in [0.5, 0.6) is 0 Å². The molecule has 6 nitrogen and oxygen atoms in total. The third-order valence-corrected chi connectivity index (χ3v) is 20.4. The summed E-state index contributed by atoms with van der Waals surface area (Å²) >= 11 is 0. The van der Waals surface area contributed by atoms with Crippen LogP contribution < -0.4 is 26.2 Å². The van der Waals surface area contributed by atoms with Crippen molar-refractivity contribution in [1.29, 1.82) is 5.26 Å². The van der Waals surface area contributed by atoms with Crippen LogP contribution in [-0.2, 0) is 5.41 Å². The quantitative estimate of drug-likeness (QED) is 0.142. The van der Waals surface area contributed by atoms with E-state index in [0.717, 1.165) is 128 Å². The summed E-state index contributed by atoms with van der Waals surface area (Å²) in [7, 11) is 0. The minimum Gasteiger partial charge on any atom is -0.311 e. The third kappa shape index (κ3) is 8.25. The van der Waals surface area contributed by atoms with Crippen LogP contribution in [0.4, 0.5) is 34.1 Å². The molecule has 3 aromatic heterocycles. The van der Waals surface area contributed by atoms with Gasteiger partial charge in [-0.2, -0.15) is 5.26 Å². The van der Waals surface area contributed by atoms with Gasteiger partial charge in [-0.25, -0.2) is 0 Å². The Hall–Kier alpha value is -12.4. The Labute approximate surface area is 557 Å². The molecule has 0 spiro atoms. The van der Waals surface area contributed by atoms with Crippen LogP contribution in [0.3, 0.4) is 0 Å². The molecule has 0 bridgehead atoms. The van der Waals surface area contributed by atoms with Gasteiger partial charge in [0.15, 0.2) is 0 Å². The van der Waals surface area contributed by atoms with Crippen molar-refractivity contribution in [1.82, 2.24) is 13.7 Å². The van der Waals surface area contributed by atoms with E-state index in [1.807, 2.05) is 12.1 Å². The van der Waals surface area contributed by atoms with Gasteiger partial charge in [0.2, 0.25) is 0 Å². The highest BCUT2D eigenvalue weighted by Crippen LogP contribution is 2.51. The molecule has 14 aromatic carbocycles. The van der Waals surface area contributed by atoms with Crippen molar-refractivity contribution in [3.8, 4) is 56.5 Å². The van der Waals surface area contributed by atoms with Gasteiger partial charge >= 0.3 is 0 Å². The van der Waals surface area contributed by atoms with Crippen LogP contribution >= 0.6 is 0 Å². The number of hydrogen-bond donors (Lipinski definition) is 0. The highest BCUT2D eigenvalue weighted by molar-refractivity contribution is 7.00. The number of anilines is 6. The zero-order chi connectivity index (χ0) is 63.9. The first-order valence-corrected chi connectivity index (χ1v) is 33.2. The lowest BCUT2D eigenvalue weighted by atomic mass is 9.33. The zero-order valence-corrected chi connectivity index (χ0v) is 53.3. The van der Waals surface area contributed by atoms with Gasteiger partial charge in [0, 0.05) is 77.4 Å². The molecular formula is C89H61BN6. The average molecular weight is 1230 g/mol. The lowest BCUT2D eigenvalue weighted by molar-refractivity contribution is 0.590. The molecule has 0 atom stereocenters. The van der Waals surface area contributed by atoms with Crippen LogP contribution in [-0.4, -0.2) is 20.4 Å². The van der Waals surface area contributed by atoms with E-state index in [-0.39, 0.29) is 12.1 Å². The molecule has 19 rings (SSSR count). The van der Waals surface area contributed by atoms with Gasteiger partial charge in [-0.3, -0.25) is 0 Å². The fraction of sp³-hybridized carbons (Fsp3) is 0.0449. The van der Waals surface area contributed by atoms with Gasteiger partial charge in [-0.15, -0.1) is 0 Å². The van der Waals surface area contributed by atoms with Gasteiger partial charge in [0.1, 0.15) is 0 Å². The Morgan fingerprint density at radius 1 is 0.302 bits per heavy atom. The molecule has 17 aromatic rings. The van der Waals surface area contributed by atoms with Crippen LogP contribution in [0.25, 0.3) is 116 Å². The summed E-state index contributed by atoms with van der Waals surface area (Å²) in [6.07, 6.45) is 0. The van der Waals surface area contributed by atoms with Gasteiger partial charge in [-0.1, -0.05) is 233 Å². The second kappa shape index (κ2) is 21.3. The number of hydrogen-bond acceptors (Lipinski definition) is 3. The zero-order valence-electron chi connectivity index (χ0n) is 53.3. The highest BCUT2D eigenvalue weighted by Gasteiger charge is 2.44. The second-order valence-electron chi connectivity index (χ2n) is 26.7. The van der Waals surface area contributed by atoms with E-state index in [4.69, 9.17) is 0 Å². The normalized spacial score (nSPS) is 12.7. The Balaban J connectivity index is 0.917. The predicted octanol–water partition coefficient (Wildman–Crippen LogP) is 21.2. The number of nitrogens with zero attached hydrogens (tertiary/aromatic N) is 6. The van der Waals surface area contributed by atoms with Crippen molar-refractivity contribution < 1.29 is 0 Å². The maximum Gasteiger partial charge on any atom is 0.252 e. The SMILES string of the molecule is CC(C)(C)c1ccc(N2c3cc(-n4c5ccccc5c5cc(C#N)ccc54)ccc3B3c4ccc(-c5cccc(-n6c7ccccc7c7ccccc76)c5-n5c6ccccc6c6ccccc65)cc4N(c4ccccc4-c4ccccc4)c4cccc2c43)c(-c2ccccc2)c1. The molecule has 0 aliphatic carbocycles. The second-order valence-corrected chi connectivity index (χ2v) is 26.7. The Kier molecular flexibility index (Phi) is 12.3. The van der Waals surface area contributed by atoms with Crippen molar-refractivity contribution in [2.24, 2.45) is 0 Å². The first kappa shape index (κ1) is 55.3. The molecule has 5 heterocycles. The van der Waals surface area contributed by atoms with Crippen LogP contribution in [0.2, 0.25) is 0 Å². The van der Waals surface area contributed by atoms with Gasteiger partial charge in [-0.05, 0) is 147 Å². The van der Waals surface area contributed by atoms with Gasteiger partial charge in [0.05, 0.1) is 67.5 Å². The first-order chi connectivity index (χ1) is 47.3. The molecule has 450 valence electrons. The van der Waals surface area contributed by atoms with E-state index in [1.165, 1.54) is 43.5 Å². The largest absolute Gasteiger partial charge is 0.311 e. The molecule has 0 unspecified atom stereocenters. The summed E-state index contributed by atoms with van der Waals surface area (Å²) in [5.74, 6) is 0. The molecular weight excluding hydrogens is 1160 g/mol. The summed E-state index contributed by atoms with van der Waals surface area (Å²) < 4.78 is 7.42. The summed E-state index contributed by atoms with van der Waals surface area (Å²) in [6, 6.07) is 119. The van der Waals surface area contributed by atoms with Crippen LogP contribution in [0.1, 0.15) is 31.9 Å². The van der Waals surface area contributed by atoms with E-state index in [2.05, 4.69) is 354 Å². The molecule has 7 heteroatoms. The summed E-state index contributed by atoms with van der Waals surface area (Å²) in [5, 5.41) is 17.2. The Bertz CT molecular complexity index is 6010. The summed E-state index contributed by atoms with van der Waals surface area (Å²) in [6.45, 7) is 6.72. The molecule has 96 heavy (non-hydrogen) atoms. The Morgan fingerprint density at radius 3 is 1.36 bits per heavy atom. The number of benzene rings is 14. The van der Waals surface area contributed by atoms with Crippen molar-refractivity contribution in [2.75, 3.05) is 9.80 Å². The standard InChI is InChI=1S/C89H61BN6/c1-89(2,3)61-46-51-80(70(54-61)59-26-8-5-9-27-59)95-83-42-23-41-82-87(83)90(73-49-47-62(55-86(73)95)92-75-36-17-15-33-69(75)71-52-57(56-91)44-50-81(71)92)72-48-45-60(53-85(72)94(82)74-35-16-10-28-63(74)58-24-6-4-7-25-58)64-34-22-43-84(93-76-37-18-11-29-65(76)66-30-12-19-38-77(66)93)88(64)96-78-39-20-13-31-67(78)68-32-14-21-40-79(68)96/h4-55H,1-3H3. The smallest absolute Gasteiger partial charge is 0.252 e. The molecule has 2 aliphatic heterocycles. The topological polar surface area (TPSA) is 45.1 Å². The molecule has 0 fully saturated rings. The molecule has 0 amide bonds. The fourth-order valence-electron chi connectivity index (χ4n) is 16.2. The highest BCUT2D eigenvalue weighted by atomic mass is 15.2. The van der Waals surface area contributed by atoms with Crippen molar-refractivity contribution in [3.63, 3.8) is 0 Å². The Morgan fingerprint density at radius 2 is 0.760 bits per heavy atom. The van der Waals surface area contributed by atoms with E-state index in [9.17, 15) is 5.26 Å². The lowest BCUT2D eigenvalue weighted by Crippen LogP contribution is -2.61. The molecule has 0 saturated carbocycles. The number of fused-ring (bicyclic) bond motifs is 13. The first-order valence-electron chi connectivity index (χ1n) is 33.2. The third-order valence-electron chi connectivity index (χ3n) is 20.4. The minimum absolute atomic E-state index is 0.111. The number of para-hydroxylation sites is 7. The molecule has 0 saturated heterocycles. The lowest BCUT2D eigenvalue weighted by Gasteiger charge is -2.45. The number of nitriles is 1. The summed E-state index contributed by atoms with van der Waals surface area (Å²) in [5.41, 5.74) is 28.8.